The van der Waals surface area contributed by atoms with Gasteiger partial charge in [-0.05, 0) is 44.2 Å². The molecule has 0 radical (unpaired) electrons. The van der Waals surface area contributed by atoms with E-state index in [1.807, 2.05) is 68.4 Å². The molecule has 0 aliphatic carbocycles. The SMILES string of the molecule is COc1ccc(-n2nc(-c3ccccc3)c3c2N(CC(=O)NC(C)C)C(=O)CS[C@H]3c2ccccc2F)cc1. The van der Waals surface area contributed by atoms with E-state index in [0.717, 1.165) is 5.56 Å². The molecule has 0 saturated heterocycles. The van der Waals surface area contributed by atoms with Gasteiger partial charge in [0.1, 0.15) is 23.9 Å². The van der Waals surface area contributed by atoms with Gasteiger partial charge in [0, 0.05) is 22.7 Å². The highest BCUT2D eigenvalue weighted by molar-refractivity contribution is 8.00. The first kappa shape index (κ1) is 26.5. The van der Waals surface area contributed by atoms with Crippen molar-refractivity contribution < 1.29 is 18.7 Å². The summed E-state index contributed by atoms with van der Waals surface area (Å²) in [5, 5.41) is 7.35. The zero-order chi connectivity index (χ0) is 27.5. The maximum Gasteiger partial charge on any atom is 0.240 e. The number of benzene rings is 3. The molecule has 1 aliphatic heterocycles. The Labute approximate surface area is 231 Å². The van der Waals surface area contributed by atoms with Crippen molar-refractivity contribution in [1.29, 1.82) is 0 Å². The van der Waals surface area contributed by atoms with Gasteiger partial charge < -0.3 is 10.1 Å². The smallest absolute Gasteiger partial charge is 0.240 e. The van der Waals surface area contributed by atoms with Crippen LogP contribution in [0.3, 0.4) is 0 Å². The van der Waals surface area contributed by atoms with E-state index in [4.69, 9.17) is 9.84 Å². The van der Waals surface area contributed by atoms with Crippen molar-refractivity contribution in [3.05, 3.63) is 95.8 Å². The minimum Gasteiger partial charge on any atom is -0.497 e. The molecule has 0 fully saturated rings. The van der Waals surface area contributed by atoms with Crippen molar-refractivity contribution in [2.75, 3.05) is 24.3 Å². The average molecular weight is 545 g/mol. The lowest BCUT2D eigenvalue weighted by atomic mass is 9.99. The fourth-order valence-electron chi connectivity index (χ4n) is 4.68. The summed E-state index contributed by atoms with van der Waals surface area (Å²) in [6.07, 6.45) is 0. The van der Waals surface area contributed by atoms with E-state index in [1.54, 1.807) is 30.0 Å². The largest absolute Gasteiger partial charge is 0.497 e. The second-order valence-electron chi connectivity index (χ2n) is 9.48. The number of halogens is 1. The molecule has 7 nitrogen and oxygen atoms in total. The average Bonchev–Trinajstić information content (AvgIpc) is 3.26. The van der Waals surface area contributed by atoms with Crippen LogP contribution in [0.4, 0.5) is 10.2 Å². The number of nitrogens with one attached hydrogen (secondary N) is 1. The molecular weight excluding hydrogens is 515 g/mol. The Bertz CT molecular complexity index is 1490. The van der Waals surface area contributed by atoms with Crippen LogP contribution in [0.25, 0.3) is 16.9 Å². The number of anilines is 1. The number of hydrogen-bond donors (Lipinski definition) is 1. The molecule has 0 bridgehead atoms. The molecule has 3 aromatic carbocycles. The first-order chi connectivity index (χ1) is 18.9. The van der Waals surface area contributed by atoms with Crippen molar-refractivity contribution in [1.82, 2.24) is 15.1 Å². The summed E-state index contributed by atoms with van der Waals surface area (Å²) in [6.45, 7) is 3.55. The number of amides is 2. The minimum absolute atomic E-state index is 0.0689. The molecule has 9 heteroatoms. The third-order valence-corrected chi connectivity index (χ3v) is 7.63. The maximum absolute atomic E-state index is 15.3. The first-order valence-electron chi connectivity index (χ1n) is 12.7. The summed E-state index contributed by atoms with van der Waals surface area (Å²) in [5.74, 6) is 0.274. The van der Waals surface area contributed by atoms with E-state index < -0.39 is 5.25 Å². The number of rotatable bonds is 7. The predicted molar refractivity (Wildman–Crippen MR) is 152 cm³/mol. The Morgan fingerprint density at radius 3 is 2.44 bits per heavy atom. The van der Waals surface area contributed by atoms with E-state index >= 15 is 4.39 Å². The number of carbonyl (C=O) groups is 2. The summed E-state index contributed by atoms with van der Waals surface area (Å²) < 4.78 is 22.3. The summed E-state index contributed by atoms with van der Waals surface area (Å²) in [7, 11) is 1.59. The van der Waals surface area contributed by atoms with Crippen LogP contribution >= 0.6 is 11.8 Å². The Kier molecular flexibility index (Phi) is 7.70. The second kappa shape index (κ2) is 11.3. The third-order valence-electron chi connectivity index (χ3n) is 6.39. The molecule has 39 heavy (non-hydrogen) atoms. The summed E-state index contributed by atoms with van der Waals surface area (Å²) >= 11 is 1.33. The number of carbonyl (C=O) groups excluding carboxylic acids is 2. The highest BCUT2D eigenvalue weighted by atomic mass is 32.2. The molecule has 2 heterocycles. The molecule has 0 unspecified atom stereocenters. The minimum atomic E-state index is -0.537. The number of fused-ring (bicyclic) bond motifs is 1. The van der Waals surface area contributed by atoms with E-state index in [9.17, 15) is 9.59 Å². The van der Waals surface area contributed by atoms with Gasteiger partial charge >= 0.3 is 0 Å². The molecule has 1 N–H and O–H groups in total. The maximum atomic E-state index is 15.3. The van der Waals surface area contributed by atoms with E-state index in [1.165, 1.54) is 22.7 Å². The lowest BCUT2D eigenvalue weighted by Gasteiger charge is -2.24. The fourth-order valence-corrected chi connectivity index (χ4v) is 5.90. The normalized spacial score (nSPS) is 15.2. The lowest BCUT2D eigenvalue weighted by Crippen LogP contribution is -2.44. The van der Waals surface area contributed by atoms with Crippen LogP contribution in [0.5, 0.6) is 5.75 Å². The van der Waals surface area contributed by atoms with Gasteiger partial charge in [-0.2, -0.15) is 5.10 Å². The number of thioether (sulfide) groups is 1. The quantitative estimate of drug-likeness (QED) is 0.338. The molecule has 0 spiro atoms. The van der Waals surface area contributed by atoms with Gasteiger partial charge in [0.2, 0.25) is 11.8 Å². The molecule has 5 rings (SSSR count). The fraction of sp³-hybridized carbons (Fsp3) is 0.233. The summed E-state index contributed by atoms with van der Waals surface area (Å²) in [4.78, 5) is 28.1. The van der Waals surface area contributed by atoms with Gasteiger partial charge in [0.15, 0.2) is 0 Å². The highest BCUT2D eigenvalue weighted by Crippen LogP contribution is 2.49. The number of aromatic nitrogens is 2. The molecule has 1 aliphatic rings. The van der Waals surface area contributed by atoms with Gasteiger partial charge in [-0.1, -0.05) is 48.5 Å². The van der Waals surface area contributed by atoms with Crippen molar-refractivity contribution in [3.63, 3.8) is 0 Å². The zero-order valence-electron chi connectivity index (χ0n) is 21.9. The van der Waals surface area contributed by atoms with Crippen LogP contribution in [-0.2, 0) is 9.59 Å². The molecule has 200 valence electrons. The highest BCUT2D eigenvalue weighted by Gasteiger charge is 2.38. The first-order valence-corrected chi connectivity index (χ1v) is 13.7. The van der Waals surface area contributed by atoms with Crippen LogP contribution in [-0.4, -0.2) is 47.0 Å². The van der Waals surface area contributed by atoms with E-state index in [-0.39, 0.29) is 36.0 Å². The number of hydrogen-bond acceptors (Lipinski definition) is 5. The van der Waals surface area contributed by atoms with Gasteiger partial charge in [0.05, 0.1) is 29.5 Å². The Morgan fingerprint density at radius 1 is 1.08 bits per heavy atom. The van der Waals surface area contributed by atoms with E-state index in [2.05, 4.69) is 5.32 Å². The molecule has 2 amide bonds. The summed E-state index contributed by atoms with van der Waals surface area (Å²) in [5.41, 5.74) is 3.25. The van der Waals surface area contributed by atoms with Crippen molar-refractivity contribution in [2.45, 2.75) is 25.1 Å². The summed E-state index contributed by atoms with van der Waals surface area (Å²) in [6, 6.07) is 23.4. The van der Waals surface area contributed by atoms with Crippen molar-refractivity contribution in [2.24, 2.45) is 0 Å². The van der Waals surface area contributed by atoms with Crippen LogP contribution in [0.15, 0.2) is 78.9 Å². The van der Waals surface area contributed by atoms with Crippen LogP contribution in [0, 0.1) is 5.82 Å². The Balaban J connectivity index is 1.80. The molecule has 0 saturated carbocycles. The van der Waals surface area contributed by atoms with Crippen LogP contribution in [0.2, 0.25) is 0 Å². The Hall–Kier alpha value is -4.11. The topological polar surface area (TPSA) is 76.5 Å². The van der Waals surface area contributed by atoms with Crippen LogP contribution in [0.1, 0.15) is 30.2 Å². The Morgan fingerprint density at radius 2 is 1.77 bits per heavy atom. The zero-order valence-corrected chi connectivity index (χ0v) is 22.7. The van der Waals surface area contributed by atoms with Gasteiger partial charge in [-0.3, -0.25) is 14.5 Å². The van der Waals surface area contributed by atoms with Gasteiger partial charge in [-0.25, -0.2) is 9.07 Å². The van der Waals surface area contributed by atoms with Crippen LogP contribution < -0.4 is 15.0 Å². The lowest BCUT2D eigenvalue weighted by molar-refractivity contribution is -0.123. The molecular formula is C30H29FN4O3S. The number of ether oxygens (including phenoxy) is 1. The predicted octanol–water partition coefficient (Wildman–Crippen LogP) is 5.38. The third kappa shape index (κ3) is 5.40. The van der Waals surface area contributed by atoms with Crippen molar-refractivity contribution in [3.8, 4) is 22.7 Å². The van der Waals surface area contributed by atoms with E-state index in [0.29, 0.717) is 34.1 Å². The molecule has 1 atom stereocenters. The molecule has 4 aromatic rings. The number of nitrogens with zero attached hydrogens (tertiary/aromatic N) is 3. The second-order valence-corrected chi connectivity index (χ2v) is 10.6. The van der Waals surface area contributed by atoms with Gasteiger partial charge in [-0.15, -0.1) is 11.8 Å². The monoisotopic (exact) mass is 544 g/mol. The standard InChI is InChI=1S/C30H29FN4O3S/c1-19(2)32-25(36)17-34-26(37)18-39-29(23-11-7-8-12-24(23)31)27-28(20-9-5-4-6-10-20)33-35(30(27)34)21-13-15-22(38-3)16-14-21/h4-16,19,29H,17-18H2,1-3H3,(H,32,36)/t29-/m0/s1. The van der Waals surface area contributed by atoms with Crippen molar-refractivity contribution >= 4 is 29.4 Å². The number of methoxy groups -OCH3 is 1. The molecule has 1 aromatic heterocycles. The van der Waals surface area contributed by atoms with Gasteiger partial charge in [0.25, 0.3) is 0 Å².